The average molecular weight is 325 g/mol. The van der Waals surface area contributed by atoms with Crippen molar-refractivity contribution in [3.05, 3.63) is 74.4 Å². The molecule has 0 saturated carbocycles. The van der Waals surface area contributed by atoms with Crippen molar-refractivity contribution in [2.24, 2.45) is 0 Å². The van der Waals surface area contributed by atoms with Crippen LogP contribution in [0.4, 0.5) is 18.9 Å². The molecule has 0 bridgehead atoms. The minimum absolute atomic E-state index is 0.316. The molecule has 21 heavy (non-hydrogen) atoms. The first-order chi connectivity index (χ1) is 10.1. The van der Waals surface area contributed by atoms with Gasteiger partial charge in [-0.15, -0.1) is 22.7 Å². The van der Waals surface area contributed by atoms with E-state index >= 15 is 0 Å². The van der Waals surface area contributed by atoms with Crippen LogP contribution in [0.15, 0.2) is 47.2 Å². The number of hydrogen-bond acceptors (Lipinski definition) is 3. The monoisotopic (exact) mass is 325 g/mol. The third kappa shape index (κ3) is 2.96. The zero-order chi connectivity index (χ0) is 14.8. The van der Waals surface area contributed by atoms with Gasteiger partial charge in [-0.05, 0) is 22.9 Å². The van der Waals surface area contributed by atoms with Gasteiger partial charge in [-0.1, -0.05) is 12.1 Å². The highest BCUT2D eigenvalue weighted by atomic mass is 32.1. The Labute approximate surface area is 127 Å². The Morgan fingerprint density at radius 3 is 1.81 bits per heavy atom. The van der Waals surface area contributed by atoms with Crippen molar-refractivity contribution in [1.29, 1.82) is 0 Å². The first-order valence-corrected chi connectivity index (χ1v) is 7.89. The van der Waals surface area contributed by atoms with Gasteiger partial charge in [-0.3, -0.25) is 0 Å². The molecule has 2 aromatic heterocycles. The Morgan fingerprint density at radius 1 is 0.857 bits per heavy atom. The molecule has 6 heteroatoms. The van der Waals surface area contributed by atoms with E-state index in [9.17, 15) is 13.2 Å². The fourth-order valence-corrected chi connectivity index (χ4v) is 3.68. The van der Waals surface area contributed by atoms with Crippen molar-refractivity contribution < 1.29 is 13.2 Å². The molecule has 1 N–H and O–H groups in total. The van der Waals surface area contributed by atoms with Gasteiger partial charge in [-0.2, -0.15) is 0 Å². The van der Waals surface area contributed by atoms with E-state index < -0.39 is 17.5 Å². The zero-order valence-corrected chi connectivity index (χ0v) is 12.3. The fraction of sp³-hybridized carbons (Fsp3) is 0.0667. The third-order valence-electron chi connectivity index (χ3n) is 2.95. The number of rotatable bonds is 4. The summed E-state index contributed by atoms with van der Waals surface area (Å²) in [6, 6.07) is 8.51. The summed E-state index contributed by atoms with van der Waals surface area (Å²) in [7, 11) is 0. The molecule has 0 spiro atoms. The second-order valence-corrected chi connectivity index (χ2v) is 6.31. The molecule has 0 fully saturated rings. The summed E-state index contributed by atoms with van der Waals surface area (Å²) >= 11 is 2.98. The number of nitrogens with one attached hydrogen (secondary N) is 1. The Hall–Kier alpha value is -1.79. The number of halogens is 3. The van der Waals surface area contributed by atoms with Crippen LogP contribution in [0.1, 0.15) is 15.8 Å². The van der Waals surface area contributed by atoms with Crippen molar-refractivity contribution in [1.82, 2.24) is 0 Å². The number of thiophene rings is 2. The topological polar surface area (TPSA) is 12.0 Å². The molecule has 0 aliphatic rings. The smallest absolute Gasteiger partial charge is 0.152 e. The molecular weight excluding hydrogens is 315 g/mol. The van der Waals surface area contributed by atoms with Crippen LogP contribution in [-0.2, 0) is 0 Å². The van der Waals surface area contributed by atoms with E-state index in [-0.39, 0.29) is 11.7 Å². The molecule has 108 valence electrons. The van der Waals surface area contributed by atoms with Crippen LogP contribution < -0.4 is 5.32 Å². The molecule has 2 heterocycles. The van der Waals surface area contributed by atoms with Gasteiger partial charge in [0.05, 0.1) is 6.04 Å². The number of benzene rings is 1. The van der Waals surface area contributed by atoms with Gasteiger partial charge in [0.15, 0.2) is 11.6 Å². The molecule has 3 rings (SSSR count). The Morgan fingerprint density at radius 2 is 1.38 bits per heavy atom. The Balaban J connectivity index is 2.00. The molecule has 0 radical (unpaired) electrons. The molecule has 1 nitrogen and oxygen atoms in total. The summed E-state index contributed by atoms with van der Waals surface area (Å²) in [5.74, 6) is -2.81. The van der Waals surface area contributed by atoms with E-state index in [1.807, 2.05) is 35.0 Å². The van der Waals surface area contributed by atoms with Crippen LogP contribution >= 0.6 is 22.7 Å². The van der Waals surface area contributed by atoms with Gasteiger partial charge in [0.25, 0.3) is 0 Å². The lowest BCUT2D eigenvalue weighted by Crippen LogP contribution is -2.12. The first-order valence-electron chi connectivity index (χ1n) is 6.13. The summed E-state index contributed by atoms with van der Waals surface area (Å²) in [5, 5.41) is 6.65. The highest BCUT2D eigenvalue weighted by Gasteiger charge is 2.20. The largest absolute Gasteiger partial charge is 0.368 e. The third-order valence-corrected chi connectivity index (χ3v) is 4.83. The van der Waals surface area contributed by atoms with Gasteiger partial charge in [0, 0.05) is 21.9 Å². The van der Waals surface area contributed by atoms with Gasteiger partial charge in [-0.25, -0.2) is 13.2 Å². The van der Waals surface area contributed by atoms with Gasteiger partial charge in [0.2, 0.25) is 0 Å². The number of anilines is 1. The predicted molar refractivity (Wildman–Crippen MR) is 80.4 cm³/mol. The van der Waals surface area contributed by atoms with E-state index in [4.69, 9.17) is 0 Å². The molecule has 1 aromatic carbocycles. The van der Waals surface area contributed by atoms with Crippen molar-refractivity contribution in [3.63, 3.8) is 0 Å². The lowest BCUT2D eigenvalue weighted by atomic mass is 10.1. The minimum atomic E-state index is -0.939. The average Bonchev–Trinajstić information content (AvgIpc) is 3.11. The van der Waals surface area contributed by atoms with Crippen molar-refractivity contribution in [3.8, 4) is 0 Å². The fourth-order valence-electron chi connectivity index (χ4n) is 2.02. The molecule has 0 unspecified atom stereocenters. The van der Waals surface area contributed by atoms with E-state index in [1.54, 1.807) is 0 Å². The van der Waals surface area contributed by atoms with Crippen LogP contribution in [0.25, 0.3) is 0 Å². The Kier molecular flexibility index (Phi) is 3.98. The van der Waals surface area contributed by atoms with Crippen molar-refractivity contribution in [2.75, 3.05) is 5.32 Å². The van der Waals surface area contributed by atoms with Crippen LogP contribution in [0.2, 0.25) is 0 Å². The maximum Gasteiger partial charge on any atom is 0.152 e. The molecule has 0 aliphatic carbocycles. The highest BCUT2D eigenvalue weighted by molar-refractivity contribution is 7.11. The molecule has 0 aliphatic heterocycles. The molecular formula is C15H10F3NS2. The van der Waals surface area contributed by atoms with Crippen LogP contribution in [-0.4, -0.2) is 0 Å². The van der Waals surface area contributed by atoms with Crippen molar-refractivity contribution in [2.45, 2.75) is 6.04 Å². The summed E-state index contributed by atoms with van der Waals surface area (Å²) in [5.41, 5.74) is -0.316. The maximum atomic E-state index is 13.8. The highest BCUT2D eigenvalue weighted by Crippen LogP contribution is 2.34. The lowest BCUT2D eigenvalue weighted by Gasteiger charge is -2.18. The van der Waals surface area contributed by atoms with Crippen molar-refractivity contribution >= 4 is 28.4 Å². The van der Waals surface area contributed by atoms with Gasteiger partial charge < -0.3 is 5.32 Å². The predicted octanol–water partition coefficient (Wildman–Crippen LogP) is 5.43. The second-order valence-electron chi connectivity index (χ2n) is 4.35. The van der Waals surface area contributed by atoms with E-state index in [0.29, 0.717) is 12.1 Å². The molecule has 0 atom stereocenters. The normalized spacial score (nSPS) is 11.0. The zero-order valence-electron chi connectivity index (χ0n) is 10.6. The first kappa shape index (κ1) is 14.2. The van der Waals surface area contributed by atoms with E-state index in [0.717, 1.165) is 9.75 Å². The number of hydrogen-bond donors (Lipinski definition) is 1. The SMILES string of the molecule is Fc1cc(F)c(NC(c2cccs2)c2cccs2)c(F)c1. The Bertz CT molecular complexity index is 666. The summed E-state index contributed by atoms with van der Waals surface area (Å²) in [6.07, 6.45) is 0. The summed E-state index contributed by atoms with van der Waals surface area (Å²) in [4.78, 5) is 1.86. The summed E-state index contributed by atoms with van der Waals surface area (Å²) in [6.45, 7) is 0. The quantitative estimate of drug-likeness (QED) is 0.674. The van der Waals surface area contributed by atoms with Crippen LogP contribution in [0.5, 0.6) is 0 Å². The van der Waals surface area contributed by atoms with Crippen LogP contribution in [0, 0.1) is 17.5 Å². The maximum absolute atomic E-state index is 13.8. The molecule has 0 amide bonds. The van der Waals surface area contributed by atoms with E-state index in [1.165, 1.54) is 22.7 Å². The van der Waals surface area contributed by atoms with Gasteiger partial charge in [0.1, 0.15) is 11.5 Å². The van der Waals surface area contributed by atoms with Gasteiger partial charge >= 0.3 is 0 Å². The van der Waals surface area contributed by atoms with E-state index in [2.05, 4.69) is 5.32 Å². The molecule has 3 aromatic rings. The second kappa shape index (κ2) is 5.91. The minimum Gasteiger partial charge on any atom is -0.368 e. The lowest BCUT2D eigenvalue weighted by molar-refractivity contribution is 0.546. The standard InChI is InChI=1S/C15H10F3NS2/c16-9-7-10(17)14(11(18)8-9)19-15(12-3-1-5-20-12)13-4-2-6-21-13/h1-8,15,19H. The molecule has 0 saturated heterocycles. The summed E-state index contributed by atoms with van der Waals surface area (Å²) < 4.78 is 40.6. The van der Waals surface area contributed by atoms with Crippen LogP contribution in [0.3, 0.4) is 0 Å².